The molecule has 0 radical (unpaired) electrons. The standard InChI is InChI=1S/C30H42N2O7/c1-38-24-14-19(17-34)13-21-26-22(30(37)31-11-12-33)16-23(27(36)29(26)39-28(21)24)32(20-9-3-2-4-10-20)25(35)15-18-7-5-6-8-18/h13-14,16,18,20,23,26-27,29,33-34,36H,2-12,15,17H2,1H3,(H,31,37)/t23-,26+,27+,29+/m1/s1. The van der Waals surface area contributed by atoms with Gasteiger partial charge in [0.15, 0.2) is 11.5 Å². The Bertz CT molecular complexity index is 1080. The lowest BCUT2D eigenvalue weighted by Gasteiger charge is -2.45. The Labute approximate surface area is 230 Å². The van der Waals surface area contributed by atoms with Gasteiger partial charge in [-0.05, 0) is 55.4 Å². The molecule has 1 aliphatic heterocycles. The van der Waals surface area contributed by atoms with Crippen molar-refractivity contribution in [2.75, 3.05) is 20.3 Å². The fourth-order valence-corrected chi connectivity index (χ4v) is 7.13. The topological polar surface area (TPSA) is 129 Å². The van der Waals surface area contributed by atoms with Gasteiger partial charge in [-0.1, -0.05) is 32.1 Å². The molecule has 3 aliphatic carbocycles. The number of hydrogen-bond donors (Lipinski definition) is 4. The summed E-state index contributed by atoms with van der Waals surface area (Å²) >= 11 is 0. The second-order valence-electron chi connectivity index (χ2n) is 11.5. The average Bonchev–Trinajstić information content (AvgIpc) is 3.61. The van der Waals surface area contributed by atoms with Gasteiger partial charge in [-0.2, -0.15) is 0 Å². The molecule has 2 fully saturated rings. The molecule has 4 aliphatic rings. The van der Waals surface area contributed by atoms with Crippen LogP contribution in [0.1, 0.15) is 81.3 Å². The number of methoxy groups -OCH3 is 1. The van der Waals surface area contributed by atoms with E-state index in [1.807, 2.05) is 4.90 Å². The maximum Gasteiger partial charge on any atom is 0.247 e. The number of carbonyl (C=O) groups is 2. The first-order chi connectivity index (χ1) is 19.0. The lowest BCUT2D eigenvalue weighted by atomic mass is 9.76. The number of carbonyl (C=O) groups excluding carboxylic acids is 2. The molecular weight excluding hydrogens is 500 g/mol. The second kappa shape index (κ2) is 12.3. The van der Waals surface area contributed by atoms with Crippen LogP contribution in [0.4, 0.5) is 0 Å². The highest BCUT2D eigenvalue weighted by molar-refractivity contribution is 5.96. The zero-order valence-corrected chi connectivity index (χ0v) is 22.8. The van der Waals surface area contributed by atoms with Gasteiger partial charge >= 0.3 is 0 Å². The van der Waals surface area contributed by atoms with Crippen LogP contribution in [-0.4, -0.2) is 76.6 Å². The third-order valence-corrected chi connectivity index (χ3v) is 9.01. The summed E-state index contributed by atoms with van der Waals surface area (Å²) in [6.07, 6.45) is 9.71. The van der Waals surface area contributed by atoms with E-state index in [9.17, 15) is 24.9 Å². The van der Waals surface area contributed by atoms with Crippen molar-refractivity contribution < 1.29 is 34.4 Å². The molecule has 0 aromatic heterocycles. The molecule has 2 amide bonds. The van der Waals surface area contributed by atoms with Crippen LogP contribution in [0.25, 0.3) is 0 Å². The Balaban J connectivity index is 1.56. The zero-order valence-electron chi connectivity index (χ0n) is 22.8. The van der Waals surface area contributed by atoms with Gasteiger partial charge in [0.2, 0.25) is 11.8 Å². The molecule has 2 saturated carbocycles. The highest BCUT2D eigenvalue weighted by Crippen LogP contribution is 2.52. The fraction of sp³-hybridized carbons (Fsp3) is 0.667. The van der Waals surface area contributed by atoms with E-state index in [2.05, 4.69) is 5.32 Å². The van der Waals surface area contributed by atoms with E-state index in [0.717, 1.165) is 57.8 Å². The number of rotatable bonds is 9. The number of ether oxygens (including phenoxy) is 2. The first-order valence-electron chi connectivity index (χ1n) is 14.5. The Morgan fingerprint density at radius 3 is 2.46 bits per heavy atom. The quantitative estimate of drug-likeness (QED) is 0.378. The smallest absolute Gasteiger partial charge is 0.247 e. The maximum absolute atomic E-state index is 13.9. The molecule has 9 heteroatoms. The van der Waals surface area contributed by atoms with Gasteiger partial charge in [-0.25, -0.2) is 0 Å². The molecule has 214 valence electrons. The van der Waals surface area contributed by atoms with Crippen LogP contribution < -0.4 is 14.8 Å². The molecule has 4 N–H and O–H groups in total. The van der Waals surface area contributed by atoms with E-state index in [1.54, 1.807) is 18.2 Å². The highest BCUT2D eigenvalue weighted by Gasteiger charge is 2.52. The van der Waals surface area contributed by atoms with Crippen LogP contribution >= 0.6 is 0 Å². The van der Waals surface area contributed by atoms with Crippen molar-refractivity contribution in [2.45, 2.75) is 101 Å². The highest BCUT2D eigenvalue weighted by atomic mass is 16.5. The molecule has 0 unspecified atom stereocenters. The summed E-state index contributed by atoms with van der Waals surface area (Å²) in [5.41, 5.74) is 1.67. The summed E-state index contributed by atoms with van der Waals surface area (Å²) in [7, 11) is 1.51. The van der Waals surface area contributed by atoms with Crippen molar-refractivity contribution in [3.63, 3.8) is 0 Å². The van der Waals surface area contributed by atoms with Crippen LogP contribution in [0.5, 0.6) is 11.5 Å². The molecule has 1 heterocycles. The van der Waals surface area contributed by atoms with E-state index in [0.29, 0.717) is 40.5 Å². The van der Waals surface area contributed by atoms with Crippen molar-refractivity contribution in [2.24, 2.45) is 5.92 Å². The number of nitrogens with zero attached hydrogens (tertiary/aromatic N) is 1. The van der Waals surface area contributed by atoms with E-state index < -0.39 is 24.2 Å². The minimum atomic E-state index is -1.06. The Morgan fingerprint density at radius 1 is 1.08 bits per heavy atom. The summed E-state index contributed by atoms with van der Waals surface area (Å²) < 4.78 is 11.9. The van der Waals surface area contributed by atoms with Crippen LogP contribution in [-0.2, 0) is 16.2 Å². The third kappa shape index (κ3) is 5.54. The van der Waals surface area contributed by atoms with Crippen LogP contribution in [0.15, 0.2) is 23.8 Å². The minimum absolute atomic E-state index is 0.00108. The van der Waals surface area contributed by atoms with Gasteiger partial charge in [0.25, 0.3) is 0 Å². The van der Waals surface area contributed by atoms with E-state index in [4.69, 9.17) is 9.47 Å². The normalized spacial score (nSPS) is 26.8. The van der Waals surface area contributed by atoms with Crippen molar-refractivity contribution >= 4 is 11.8 Å². The fourth-order valence-electron chi connectivity index (χ4n) is 7.13. The Kier molecular flexibility index (Phi) is 8.79. The first kappa shape index (κ1) is 27.9. The molecule has 9 nitrogen and oxygen atoms in total. The SMILES string of the molecule is COc1cc(CO)cc2c1O[C@@H]1[C@@H](O)[C@H](N(C(=O)CC3CCCC3)C3CCCCC3)C=C(C(=O)NCCO)[C@H]21. The lowest BCUT2D eigenvalue weighted by molar-refractivity contribution is -0.142. The monoisotopic (exact) mass is 542 g/mol. The Morgan fingerprint density at radius 2 is 1.79 bits per heavy atom. The number of nitrogens with one attached hydrogen (secondary N) is 1. The van der Waals surface area contributed by atoms with Gasteiger partial charge in [-0.15, -0.1) is 0 Å². The number of aliphatic hydroxyl groups excluding tert-OH is 3. The molecule has 1 aromatic carbocycles. The molecule has 0 spiro atoms. The first-order valence-corrected chi connectivity index (χ1v) is 14.5. The third-order valence-electron chi connectivity index (χ3n) is 9.01. The molecule has 0 saturated heterocycles. The van der Waals surface area contributed by atoms with E-state index in [1.165, 1.54) is 7.11 Å². The van der Waals surface area contributed by atoms with Gasteiger partial charge in [0, 0.05) is 30.1 Å². The summed E-state index contributed by atoms with van der Waals surface area (Å²) in [5.74, 6) is 0.286. The number of benzene rings is 1. The molecular formula is C30H42N2O7. The maximum atomic E-state index is 13.9. The molecule has 39 heavy (non-hydrogen) atoms. The van der Waals surface area contributed by atoms with Gasteiger partial charge in [0.1, 0.15) is 12.2 Å². The molecule has 1 aromatic rings. The van der Waals surface area contributed by atoms with E-state index >= 15 is 0 Å². The van der Waals surface area contributed by atoms with Crippen LogP contribution in [0.3, 0.4) is 0 Å². The number of fused-ring (bicyclic) bond motifs is 3. The van der Waals surface area contributed by atoms with Gasteiger partial charge < -0.3 is 35.0 Å². The van der Waals surface area contributed by atoms with Crippen LogP contribution in [0, 0.1) is 5.92 Å². The molecule has 0 bridgehead atoms. The Hall–Kier alpha value is -2.62. The van der Waals surface area contributed by atoms with Crippen molar-refractivity contribution in [3.8, 4) is 11.5 Å². The number of aliphatic hydroxyl groups is 3. The molecule has 5 rings (SSSR count). The molecule has 4 atom stereocenters. The van der Waals surface area contributed by atoms with Crippen molar-refractivity contribution in [1.82, 2.24) is 10.2 Å². The van der Waals surface area contributed by atoms with Gasteiger partial charge in [-0.3, -0.25) is 9.59 Å². The van der Waals surface area contributed by atoms with Crippen molar-refractivity contribution in [1.29, 1.82) is 0 Å². The zero-order chi connectivity index (χ0) is 27.5. The lowest BCUT2D eigenvalue weighted by Crippen LogP contribution is -2.58. The predicted octanol–water partition coefficient (Wildman–Crippen LogP) is 2.55. The van der Waals surface area contributed by atoms with E-state index in [-0.39, 0.29) is 37.6 Å². The second-order valence-corrected chi connectivity index (χ2v) is 11.5. The summed E-state index contributed by atoms with van der Waals surface area (Å²) in [6.45, 7) is -0.336. The van der Waals surface area contributed by atoms with Crippen molar-refractivity contribution in [3.05, 3.63) is 34.9 Å². The summed E-state index contributed by atoms with van der Waals surface area (Å²) in [5, 5.41) is 33.8. The summed E-state index contributed by atoms with van der Waals surface area (Å²) in [4.78, 5) is 29.3. The average molecular weight is 543 g/mol. The summed E-state index contributed by atoms with van der Waals surface area (Å²) in [6, 6.07) is 2.76. The minimum Gasteiger partial charge on any atom is -0.493 e. The number of hydrogen-bond acceptors (Lipinski definition) is 7. The largest absolute Gasteiger partial charge is 0.493 e. The van der Waals surface area contributed by atoms with Gasteiger partial charge in [0.05, 0.1) is 32.3 Å². The van der Waals surface area contributed by atoms with Crippen LogP contribution in [0.2, 0.25) is 0 Å². The number of amides is 2. The predicted molar refractivity (Wildman–Crippen MR) is 144 cm³/mol.